The molecule has 0 bridgehead atoms. The van der Waals surface area contributed by atoms with Crippen LogP contribution in [0.1, 0.15) is 31.7 Å². The van der Waals surface area contributed by atoms with Crippen molar-refractivity contribution in [1.29, 1.82) is 0 Å². The Hall–Kier alpha value is -4.18. The number of nitrogens with zero attached hydrogens (tertiary/aromatic N) is 6. The van der Waals surface area contributed by atoms with Crippen LogP contribution in [0.15, 0.2) is 60.9 Å². The normalized spacial score (nSPS) is 18.9. The van der Waals surface area contributed by atoms with Crippen molar-refractivity contribution in [1.82, 2.24) is 29.5 Å². The van der Waals surface area contributed by atoms with Crippen molar-refractivity contribution >= 4 is 22.9 Å². The zero-order valence-electron chi connectivity index (χ0n) is 21.8. The van der Waals surface area contributed by atoms with E-state index in [0.29, 0.717) is 24.8 Å². The lowest BCUT2D eigenvalue weighted by atomic mass is 9.95. The Balaban J connectivity index is 1.22. The van der Waals surface area contributed by atoms with Crippen molar-refractivity contribution in [2.75, 3.05) is 38.5 Å². The van der Waals surface area contributed by atoms with E-state index in [9.17, 15) is 9.90 Å². The van der Waals surface area contributed by atoms with Crippen LogP contribution in [0.5, 0.6) is 11.5 Å². The summed E-state index contributed by atoms with van der Waals surface area (Å²) in [4.78, 5) is 24.2. The summed E-state index contributed by atoms with van der Waals surface area (Å²) in [5.41, 5.74) is 8.82. The highest BCUT2D eigenvalue weighted by molar-refractivity contribution is 5.98. The Morgan fingerprint density at radius 1 is 0.974 bits per heavy atom. The average Bonchev–Trinajstić information content (AvgIpc) is 3.36. The highest BCUT2D eigenvalue weighted by atomic mass is 16.5. The number of nitrogen functional groups attached to an aromatic ring is 1. The van der Waals surface area contributed by atoms with Crippen LogP contribution < -0.4 is 10.5 Å². The third-order valence-corrected chi connectivity index (χ3v) is 7.85. The lowest BCUT2D eigenvalue weighted by Crippen LogP contribution is -2.44. The number of para-hydroxylation sites is 1. The summed E-state index contributed by atoms with van der Waals surface area (Å²) in [7, 11) is 0. The van der Waals surface area contributed by atoms with E-state index >= 15 is 0 Å². The molecule has 6 rings (SSSR count). The third-order valence-electron chi connectivity index (χ3n) is 7.85. The summed E-state index contributed by atoms with van der Waals surface area (Å²) in [6, 6.07) is 17.7. The van der Waals surface area contributed by atoms with Crippen molar-refractivity contribution in [3.63, 3.8) is 0 Å². The summed E-state index contributed by atoms with van der Waals surface area (Å²) >= 11 is 0. The molecule has 1 unspecified atom stereocenters. The standard InChI is InChI=1S/C29H33N7O3/c30-27-25-26(21-8-10-24(11-9-21)39-23-6-2-1-3-7-23)33-36(28(25)32-19-31-27)22-5-4-14-34(18-22)17-20-12-15-35(16-13-20)29(37)38/h1-3,6-11,19-20,22H,4-5,12-18H2,(H,37,38)(H2,30,31,32). The number of hydrogen-bond acceptors (Lipinski definition) is 7. The van der Waals surface area contributed by atoms with Gasteiger partial charge in [-0.15, -0.1) is 0 Å². The fraction of sp³-hybridized carbons (Fsp3) is 0.379. The van der Waals surface area contributed by atoms with Gasteiger partial charge in [-0.2, -0.15) is 5.10 Å². The number of fused-ring (bicyclic) bond motifs is 1. The Labute approximate surface area is 227 Å². The first kappa shape index (κ1) is 25.1. The van der Waals surface area contributed by atoms with Crippen LogP contribution >= 0.6 is 0 Å². The second-order valence-electron chi connectivity index (χ2n) is 10.5. The van der Waals surface area contributed by atoms with Gasteiger partial charge in [0, 0.05) is 31.7 Å². The maximum Gasteiger partial charge on any atom is 0.407 e. The molecule has 4 heterocycles. The quantitative estimate of drug-likeness (QED) is 0.363. The number of piperidine rings is 2. The van der Waals surface area contributed by atoms with Gasteiger partial charge in [0.15, 0.2) is 5.65 Å². The van der Waals surface area contributed by atoms with Gasteiger partial charge in [-0.3, -0.25) is 0 Å². The van der Waals surface area contributed by atoms with Crippen LogP contribution in [-0.4, -0.2) is 73.5 Å². The molecule has 10 heteroatoms. The first-order valence-electron chi connectivity index (χ1n) is 13.6. The number of likely N-dealkylation sites (tertiary alicyclic amines) is 2. The Morgan fingerprint density at radius 2 is 1.72 bits per heavy atom. The van der Waals surface area contributed by atoms with Crippen LogP contribution in [0.2, 0.25) is 0 Å². The number of anilines is 1. The Morgan fingerprint density at radius 3 is 2.46 bits per heavy atom. The van der Waals surface area contributed by atoms with Crippen LogP contribution in [0.3, 0.4) is 0 Å². The van der Waals surface area contributed by atoms with Crippen molar-refractivity contribution in [3.05, 3.63) is 60.9 Å². The summed E-state index contributed by atoms with van der Waals surface area (Å²) < 4.78 is 8.00. The van der Waals surface area contributed by atoms with Gasteiger partial charge in [0.05, 0.1) is 11.4 Å². The van der Waals surface area contributed by atoms with Gasteiger partial charge in [-0.1, -0.05) is 18.2 Å². The number of aromatic nitrogens is 4. The number of ether oxygens (including phenoxy) is 1. The lowest BCUT2D eigenvalue weighted by molar-refractivity contribution is 0.100. The highest BCUT2D eigenvalue weighted by Crippen LogP contribution is 2.35. The third kappa shape index (κ3) is 5.37. The molecule has 10 nitrogen and oxygen atoms in total. The fourth-order valence-corrected chi connectivity index (χ4v) is 5.83. The number of nitrogens with two attached hydrogens (primary N) is 1. The summed E-state index contributed by atoms with van der Waals surface area (Å²) in [6.07, 6.45) is 4.60. The van der Waals surface area contributed by atoms with E-state index in [1.165, 1.54) is 11.2 Å². The van der Waals surface area contributed by atoms with Crippen LogP contribution in [-0.2, 0) is 0 Å². The van der Waals surface area contributed by atoms with E-state index in [2.05, 4.69) is 14.9 Å². The minimum absolute atomic E-state index is 0.170. The second kappa shape index (κ2) is 10.9. The maximum absolute atomic E-state index is 11.3. The fourth-order valence-electron chi connectivity index (χ4n) is 5.83. The first-order valence-corrected chi connectivity index (χ1v) is 13.6. The lowest BCUT2D eigenvalue weighted by Gasteiger charge is -2.37. The molecular formula is C29H33N7O3. The summed E-state index contributed by atoms with van der Waals surface area (Å²) in [5.74, 6) is 2.46. The zero-order chi connectivity index (χ0) is 26.8. The Bertz CT molecular complexity index is 1430. The largest absolute Gasteiger partial charge is 0.465 e. The maximum atomic E-state index is 11.3. The molecule has 2 saturated heterocycles. The number of benzene rings is 2. The number of rotatable bonds is 6. The van der Waals surface area contributed by atoms with E-state index in [4.69, 9.17) is 15.6 Å². The number of amides is 1. The minimum atomic E-state index is -0.813. The molecule has 0 aliphatic carbocycles. The second-order valence-corrected chi connectivity index (χ2v) is 10.5. The smallest absolute Gasteiger partial charge is 0.407 e. The predicted octanol–water partition coefficient (Wildman–Crippen LogP) is 4.89. The molecule has 0 radical (unpaired) electrons. The molecule has 2 aliphatic rings. The van der Waals surface area contributed by atoms with E-state index in [1.807, 2.05) is 59.3 Å². The first-order chi connectivity index (χ1) is 19.0. The van der Waals surface area contributed by atoms with Gasteiger partial charge in [0.1, 0.15) is 29.3 Å². The van der Waals surface area contributed by atoms with Crippen molar-refractivity contribution in [3.8, 4) is 22.8 Å². The van der Waals surface area contributed by atoms with E-state index < -0.39 is 6.09 Å². The monoisotopic (exact) mass is 527 g/mol. The summed E-state index contributed by atoms with van der Waals surface area (Å²) in [5, 5.41) is 15.1. The van der Waals surface area contributed by atoms with Crippen LogP contribution in [0.25, 0.3) is 22.3 Å². The average molecular weight is 528 g/mol. The van der Waals surface area contributed by atoms with E-state index in [-0.39, 0.29) is 6.04 Å². The molecule has 2 fully saturated rings. The molecule has 2 aromatic carbocycles. The van der Waals surface area contributed by atoms with E-state index in [0.717, 1.165) is 79.1 Å². The molecule has 4 aromatic rings. The van der Waals surface area contributed by atoms with Crippen molar-refractivity contribution < 1.29 is 14.6 Å². The minimum Gasteiger partial charge on any atom is -0.465 e. The highest BCUT2D eigenvalue weighted by Gasteiger charge is 2.29. The van der Waals surface area contributed by atoms with Crippen LogP contribution in [0.4, 0.5) is 10.6 Å². The molecule has 2 aliphatic heterocycles. The SMILES string of the molecule is Nc1ncnc2c1c(-c1ccc(Oc3ccccc3)cc1)nn2C1CCCN(CC2CCN(C(=O)O)CC2)C1. The molecule has 2 aromatic heterocycles. The molecule has 1 atom stereocenters. The molecular weight excluding hydrogens is 494 g/mol. The van der Waals surface area contributed by atoms with Gasteiger partial charge in [0.2, 0.25) is 0 Å². The number of hydrogen-bond donors (Lipinski definition) is 2. The molecule has 0 saturated carbocycles. The van der Waals surface area contributed by atoms with Crippen molar-refractivity contribution in [2.24, 2.45) is 5.92 Å². The zero-order valence-corrected chi connectivity index (χ0v) is 21.8. The number of carbonyl (C=O) groups is 1. The van der Waals surface area contributed by atoms with Crippen LogP contribution in [0, 0.1) is 5.92 Å². The number of carboxylic acid groups (broad SMARTS) is 1. The van der Waals surface area contributed by atoms with Gasteiger partial charge in [0.25, 0.3) is 0 Å². The molecule has 1 amide bonds. The van der Waals surface area contributed by atoms with Gasteiger partial charge in [-0.25, -0.2) is 19.4 Å². The molecule has 202 valence electrons. The van der Waals surface area contributed by atoms with Gasteiger partial charge < -0.3 is 25.4 Å². The Kier molecular flexibility index (Phi) is 7.02. The van der Waals surface area contributed by atoms with Gasteiger partial charge in [-0.05, 0) is 74.5 Å². The van der Waals surface area contributed by atoms with Crippen molar-refractivity contribution in [2.45, 2.75) is 31.7 Å². The topological polar surface area (TPSA) is 123 Å². The molecule has 0 spiro atoms. The molecule has 39 heavy (non-hydrogen) atoms. The predicted molar refractivity (Wildman–Crippen MR) is 149 cm³/mol. The summed E-state index contributed by atoms with van der Waals surface area (Å²) in [6.45, 7) is 4.15. The van der Waals surface area contributed by atoms with E-state index in [1.54, 1.807) is 0 Å². The molecule has 3 N–H and O–H groups in total. The van der Waals surface area contributed by atoms with Gasteiger partial charge >= 0.3 is 6.09 Å².